The van der Waals surface area contributed by atoms with Crippen LogP contribution in [0.2, 0.25) is 5.02 Å². The zero-order valence-electron chi connectivity index (χ0n) is 8.71. The van der Waals surface area contributed by atoms with Crippen LogP contribution in [0.1, 0.15) is 0 Å². The SMILES string of the molecule is COc1ccc(Cl)cc1-c1cccc(F)c1. The van der Waals surface area contributed by atoms with Crippen molar-refractivity contribution in [2.45, 2.75) is 0 Å². The van der Waals surface area contributed by atoms with Crippen LogP contribution in [0, 0.1) is 5.82 Å². The van der Waals surface area contributed by atoms with Gasteiger partial charge in [-0.1, -0.05) is 23.7 Å². The van der Waals surface area contributed by atoms with E-state index in [-0.39, 0.29) is 5.82 Å². The van der Waals surface area contributed by atoms with Crippen LogP contribution in [0.15, 0.2) is 42.5 Å². The highest BCUT2D eigenvalue weighted by atomic mass is 35.5. The molecule has 0 saturated heterocycles. The van der Waals surface area contributed by atoms with Crippen LogP contribution >= 0.6 is 11.6 Å². The largest absolute Gasteiger partial charge is 0.496 e. The zero-order valence-corrected chi connectivity index (χ0v) is 9.46. The van der Waals surface area contributed by atoms with E-state index in [1.54, 1.807) is 31.4 Å². The maximum atomic E-state index is 13.1. The van der Waals surface area contributed by atoms with E-state index >= 15 is 0 Å². The first kappa shape index (κ1) is 11.0. The van der Waals surface area contributed by atoms with E-state index in [4.69, 9.17) is 16.3 Å². The second-order valence-corrected chi connectivity index (χ2v) is 3.79. The lowest BCUT2D eigenvalue weighted by molar-refractivity contribution is 0.416. The minimum absolute atomic E-state index is 0.278. The normalized spacial score (nSPS) is 10.2. The first-order valence-electron chi connectivity index (χ1n) is 4.80. The standard InChI is InChI=1S/C13H10ClFO/c1-16-13-6-5-10(14)8-12(13)9-3-2-4-11(15)7-9/h2-8H,1H3. The fourth-order valence-corrected chi connectivity index (χ4v) is 1.73. The number of hydrogen-bond acceptors (Lipinski definition) is 1. The molecule has 3 heteroatoms. The van der Waals surface area contributed by atoms with Crippen LogP contribution in [0.5, 0.6) is 5.75 Å². The minimum Gasteiger partial charge on any atom is -0.496 e. The van der Waals surface area contributed by atoms with Crippen molar-refractivity contribution in [3.8, 4) is 16.9 Å². The van der Waals surface area contributed by atoms with E-state index in [9.17, 15) is 4.39 Å². The van der Waals surface area contributed by atoms with Gasteiger partial charge in [-0.05, 0) is 35.9 Å². The molecule has 0 N–H and O–H groups in total. The molecule has 0 unspecified atom stereocenters. The molecule has 0 aliphatic rings. The number of ether oxygens (including phenoxy) is 1. The fraction of sp³-hybridized carbons (Fsp3) is 0.0769. The van der Waals surface area contributed by atoms with Gasteiger partial charge in [-0.25, -0.2) is 4.39 Å². The smallest absolute Gasteiger partial charge is 0.126 e. The first-order valence-corrected chi connectivity index (χ1v) is 5.18. The third-order valence-electron chi connectivity index (χ3n) is 2.30. The van der Waals surface area contributed by atoms with Crippen molar-refractivity contribution in [3.05, 3.63) is 53.3 Å². The van der Waals surface area contributed by atoms with Crippen molar-refractivity contribution in [1.29, 1.82) is 0 Å². The number of methoxy groups -OCH3 is 1. The van der Waals surface area contributed by atoms with Crippen molar-refractivity contribution in [2.75, 3.05) is 7.11 Å². The molecule has 2 aromatic rings. The maximum Gasteiger partial charge on any atom is 0.126 e. The Hall–Kier alpha value is -1.54. The van der Waals surface area contributed by atoms with Gasteiger partial charge in [0.1, 0.15) is 11.6 Å². The summed E-state index contributed by atoms with van der Waals surface area (Å²) in [6, 6.07) is 11.6. The molecule has 0 bridgehead atoms. The molecule has 82 valence electrons. The van der Waals surface area contributed by atoms with Gasteiger partial charge >= 0.3 is 0 Å². The van der Waals surface area contributed by atoms with Crippen LogP contribution in [-0.2, 0) is 0 Å². The van der Waals surface area contributed by atoms with Gasteiger partial charge < -0.3 is 4.74 Å². The van der Waals surface area contributed by atoms with E-state index in [0.717, 1.165) is 11.1 Å². The Bertz CT molecular complexity index is 511. The molecule has 16 heavy (non-hydrogen) atoms. The van der Waals surface area contributed by atoms with Crippen LogP contribution < -0.4 is 4.74 Å². The van der Waals surface area contributed by atoms with Crippen LogP contribution in [-0.4, -0.2) is 7.11 Å². The van der Waals surface area contributed by atoms with Crippen molar-refractivity contribution in [1.82, 2.24) is 0 Å². The summed E-state index contributed by atoms with van der Waals surface area (Å²) in [5.74, 6) is 0.398. The molecule has 0 atom stereocenters. The van der Waals surface area contributed by atoms with Crippen molar-refractivity contribution in [2.24, 2.45) is 0 Å². The average molecular weight is 237 g/mol. The third-order valence-corrected chi connectivity index (χ3v) is 2.53. The molecule has 0 aliphatic heterocycles. The Morgan fingerprint density at radius 2 is 1.94 bits per heavy atom. The number of hydrogen-bond donors (Lipinski definition) is 0. The zero-order chi connectivity index (χ0) is 11.5. The van der Waals surface area contributed by atoms with Gasteiger partial charge in [-0.2, -0.15) is 0 Å². The van der Waals surface area contributed by atoms with Crippen LogP contribution in [0.25, 0.3) is 11.1 Å². The number of benzene rings is 2. The topological polar surface area (TPSA) is 9.23 Å². The van der Waals surface area contributed by atoms with Gasteiger partial charge in [0.15, 0.2) is 0 Å². The van der Waals surface area contributed by atoms with E-state index in [0.29, 0.717) is 10.8 Å². The van der Waals surface area contributed by atoms with E-state index in [2.05, 4.69) is 0 Å². The molecule has 1 nitrogen and oxygen atoms in total. The molecule has 0 aromatic heterocycles. The van der Waals surface area contributed by atoms with Crippen LogP contribution in [0.4, 0.5) is 4.39 Å². The van der Waals surface area contributed by atoms with Gasteiger partial charge in [0.05, 0.1) is 7.11 Å². The molecule has 0 heterocycles. The summed E-state index contributed by atoms with van der Waals surface area (Å²) in [5, 5.41) is 0.597. The van der Waals surface area contributed by atoms with E-state index < -0.39 is 0 Å². The van der Waals surface area contributed by atoms with Crippen molar-refractivity contribution >= 4 is 11.6 Å². The lowest BCUT2D eigenvalue weighted by Gasteiger charge is -2.09. The van der Waals surface area contributed by atoms with Gasteiger partial charge in [0, 0.05) is 10.6 Å². The van der Waals surface area contributed by atoms with E-state index in [1.807, 2.05) is 6.07 Å². The molecule has 0 amide bonds. The van der Waals surface area contributed by atoms with Crippen LogP contribution in [0.3, 0.4) is 0 Å². The Morgan fingerprint density at radius 1 is 1.12 bits per heavy atom. The Labute approximate surface area is 98.4 Å². The Balaban J connectivity index is 2.58. The Kier molecular flexibility index (Phi) is 3.11. The number of halogens is 2. The van der Waals surface area contributed by atoms with Crippen molar-refractivity contribution < 1.29 is 9.13 Å². The average Bonchev–Trinajstić information content (AvgIpc) is 2.29. The minimum atomic E-state index is -0.278. The predicted octanol–water partition coefficient (Wildman–Crippen LogP) is 4.15. The molecule has 0 aliphatic carbocycles. The first-order chi connectivity index (χ1) is 7.70. The fourth-order valence-electron chi connectivity index (χ4n) is 1.56. The monoisotopic (exact) mass is 236 g/mol. The summed E-state index contributed by atoms with van der Waals surface area (Å²) in [6.45, 7) is 0. The molecule has 0 saturated carbocycles. The molecule has 2 aromatic carbocycles. The Morgan fingerprint density at radius 3 is 2.62 bits per heavy atom. The second kappa shape index (κ2) is 4.54. The maximum absolute atomic E-state index is 13.1. The molecule has 2 rings (SSSR count). The molecular formula is C13H10ClFO. The lowest BCUT2D eigenvalue weighted by atomic mass is 10.0. The highest BCUT2D eigenvalue weighted by Gasteiger charge is 2.07. The molecule has 0 fully saturated rings. The summed E-state index contributed by atoms with van der Waals surface area (Å²) >= 11 is 5.91. The summed E-state index contributed by atoms with van der Waals surface area (Å²) < 4.78 is 18.3. The van der Waals surface area contributed by atoms with Crippen molar-refractivity contribution in [3.63, 3.8) is 0 Å². The van der Waals surface area contributed by atoms with E-state index in [1.165, 1.54) is 12.1 Å². The van der Waals surface area contributed by atoms with Gasteiger partial charge in [0.2, 0.25) is 0 Å². The summed E-state index contributed by atoms with van der Waals surface area (Å²) in [7, 11) is 1.58. The highest BCUT2D eigenvalue weighted by molar-refractivity contribution is 6.31. The molecule has 0 radical (unpaired) electrons. The molecular weight excluding hydrogens is 227 g/mol. The summed E-state index contributed by atoms with van der Waals surface area (Å²) in [5.41, 5.74) is 1.54. The van der Waals surface area contributed by atoms with Gasteiger partial charge in [0.25, 0.3) is 0 Å². The van der Waals surface area contributed by atoms with Gasteiger partial charge in [-0.15, -0.1) is 0 Å². The summed E-state index contributed by atoms with van der Waals surface area (Å²) in [4.78, 5) is 0. The molecule has 0 spiro atoms. The summed E-state index contributed by atoms with van der Waals surface area (Å²) in [6.07, 6.45) is 0. The quantitative estimate of drug-likeness (QED) is 0.761. The predicted molar refractivity (Wildman–Crippen MR) is 63.4 cm³/mol. The third kappa shape index (κ3) is 2.17. The highest BCUT2D eigenvalue weighted by Crippen LogP contribution is 2.32. The number of rotatable bonds is 2. The second-order valence-electron chi connectivity index (χ2n) is 3.35. The van der Waals surface area contributed by atoms with Gasteiger partial charge in [-0.3, -0.25) is 0 Å². The lowest BCUT2D eigenvalue weighted by Crippen LogP contribution is -1.88.